The Morgan fingerprint density at radius 2 is 1.27 bits per heavy atom. The zero-order chi connectivity index (χ0) is 46.1. The van der Waals surface area contributed by atoms with Gasteiger partial charge in [0.15, 0.2) is 0 Å². The van der Waals surface area contributed by atoms with Gasteiger partial charge in [0, 0.05) is 36.4 Å². The van der Waals surface area contributed by atoms with Crippen molar-refractivity contribution in [2.75, 3.05) is 0 Å². The van der Waals surface area contributed by atoms with Crippen LogP contribution in [-0.4, -0.2) is 100 Å². The maximum atomic E-state index is 14.1. The van der Waals surface area contributed by atoms with E-state index in [1.165, 1.54) is 6.92 Å². The van der Waals surface area contributed by atoms with Crippen molar-refractivity contribution in [3.8, 4) is 0 Å². The number of rotatable bonds is 25. The molecule has 0 aliphatic carbocycles. The standard InChI is InChI=1S/C45H63N8O9/c1-8-27(6)39(53-44(61)35(21-29-14-10-9-11-15-29)50-41(58)32(46)18-19-38(55)56)45(62)48-28(7)40(57)49-36(22-30-23-47-33-17-13-12-16-31(30)33)43(60)51-34(20-25(2)3)42(59)52-37(24-54)26(4)5/h9-17,23,25-28,32,34-37,39,47H,8,18-22,46H2,1-7H3,(H,48,62)(H,49,57)(H,50,58)(H,51,60)(H,52,59)(H,53,61)(H,55,56)/t27-,28-,32-,34-,35-,36-,37+,39-/m0/s1. The molecule has 62 heavy (non-hydrogen) atoms. The minimum absolute atomic E-state index is 0.00897. The number of H-pyrrole nitrogens is 1. The van der Waals surface area contributed by atoms with E-state index in [0.717, 1.165) is 10.9 Å². The van der Waals surface area contributed by atoms with Crippen molar-refractivity contribution < 1.29 is 43.5 Å². The summed E-state index contributed by atoms with van der Waals surface area (Å²) in [6, 6.07) is 8.29. The van der Waals surface area contributed by atoms with E-state index in [1.807, 2.05) is 51.3 Å². The van der Waals surface area contributed by atoms with E-state index in [9.17, 15) is 38.4 Å². The first-order valence-electron chi connectivity index (χ1n) is 21.1. The quantitative estimate of drug-likeness (QED) is 0.0598. The topological polar surface area (TPSA) is 271 Å². The molecular weight excluding hydrogens is 797 g/mol. The van der Waals surface area contributed by atoms with E-state index in [1.54, 1.807) is 57.3 Å². The Labute approximate surface area is 362 Å². The van der Waals surface area contributed by atoms with Crippen LogP contribution in [0, 0.1) is 17.8 Å². The number of carboxylic acid groups (broad SMARTS) is 1. The lowest BCUT2D eigenvalue weighted by molar-refractivity contribution is -0.137. The largest absolute Gasteiger partial charge is 0.481 e. The lowest BCUT2D eigenvalue weighted by Gasteiger charge is -2.29. The summed E-state index contributed by atoms with van der Waals surface area (Å²) in [4.78, 5) is 108. The van der Waals surface area contributed by atoms with Crippen molar-refractivity contribution in [3.63, 3.8) is 0 Å². The number of benzene rings is 2. The molecule has 8 atom stereocenters. The zero-order valence-electron chi connectivity index (χ0n) is 36.6. The van der Waals surface area contributed by atoms with Gasteiger partial charge in [-0.15, -0.1) is 0 Å². The molecule has 0 spiro atoms. The van der Waals surface area contributed by atoms with Gasteiger partial charge in [-0.2, -0.15) is 0 Å². The summed E-state index contributed by atoms with van der Waals surface area (Å²) in [5.74, 6) is -5.96. The van der Waals surface area contributed by atoms with Gasteiger partial charge in [0.2, 0.25) is 41.7 Å². The Morgan fingerprint density at radius 3 is 1.89 bits per heavy atom. The Kier molecular flexibility index (Phi) is 19.8. The number of aromatic amines is 1. The first kappa shape index (κ1) is 50.3. The number of carbonyl (C=O) groups is 7. The molecule has 17 heteroatoms. The lowest BCUT2D eigenvalue weighted by Crippen LogP contribution is -2.60. The Morgan fingerprint density at radius 1 is 0.694 bits per heavy atom. The summed E-state index contributed by atoms with van der Waals surface area (Å²) < 4.78 is 0. The van der Waals surface area contributed by atoms with Crippen LogP contribution in [0.3, 0.4) is 0 Å². The fraction of sp³-hybridized carbons (Fsp3) is 0.511. The number of nitrogens with two attached hydrogens (primary N) is 1. The van der Waals surface area contributed by atoms with E-state index in [-0.39, 0.29) is 43.9 Å². The highest BCUT2D eigenvalue weighted by Crippen LogP contribution is 2.20. The van der Waals surface area contributed by atoms with E-state index >= 15 is 0 Å². The minimum Gasteiger partial charge on any atom is -0.481 e. The zero-order valence-corrected chi connectivity index (χ0v) is 36.6. The molecule has 2 aromatic carbocycles. The molecule has 0 bridgehead atoms. The van der Waals surface area contributed by atoms with Crippen LogP contribution in [-0.2, 0) is 51.2 Å². The third-order valence-electron chi connectivity index (χ3n) is 10.6. The maximum Gasteiger partial charge on any atom is 0.303 e. The second-order valence-electron chi connectivity index (χ2n) is 16.6. The number of aromatic nitrogens is 1. The van der Waals surface area contributed by atoms with Crippen molar-refractivity contribution in [3.05, 3.63) is 71.9 Å². The van der Waals surface area contributed by atoms with Gasteiger partial charge in [-0.05, 0) is 54.7 Å². The molecule has 3 aromatic rings. The monoisotopic (exact) mass is 859 g/mol. The number of carboxylic acids is 1. The van der Waals surface area contributed by atoms with Crippen molar-refractivity contribution in [2.24, 2.45) is 23.5 Å². The van der Waals surface area contributed by atoms with E-state index in [0.29, 0.717) is 17.5 Å². The lowest BCUT2D eigenvalue weighted by atomic mass is 9.96. The Balaban J connectivity index is 1.85. The van der Waals surface area contributed by atoms with Gasteiger partial charge >= 0.3 is 5.97 Å². The molecule has 337 valence electrons. The second-order valence-corrected chi connectivity index (χ2v) is 16.6. The van der Waals surface area contributed by atoms with Crippen LogP contribution in [0.5, 0.6) is 0 Å². The molecular formula is C45H63N8O9. The summed E-state index contributed by atoms with van der Waals surface area (Å²) in [5.41, 5.74) is 8.16. The van der Waals surface area contributed by atoms with Gasteiger partial charge in [0.25, 0.3) is 0 Å². The summed E-state index contributed by atoms with van der Waals surface area (Å²) in [7, 11) is 0. The number of aliphatic carboxylic acids is 1. The molecule has 10 N–H and O–H groups in total. The summed E-state index contributed by atoms with van der Waals surface area (Å²) in [6.45, 7) is 12.3. The van der Waals surface area contributed by atoms with Crippen LogP contribution in [0.2, 0.25) is 0 Å². The smallest absolute Gasteiger partial charge is 0.303 e. The van der Waals surface area contributed by atoms with E-state index in [2.05, 4.69) is 36.9 Å². The number of hydrogen-bond acceptors (Lipinski definition) is 9. The molecule has 0 unspecified atom stereocenters. The molecule has 6 amide bonds. The van der Waals surface area contributed by atoms with Crippen LogP contribution < -0.4 is 37.6 Å². The molecule has 0 saturated carbocycles. The molecule has 0 fully saturated rings. The molecule has 0 aliphatic heterocycles. The van der Waals surface area contributed by atoms with Gasteiger partial charge < -0.3 is 47.7 Å². The molecule has 0 saturated heterocycles. The Hall–Kier alpha value is -6.10. The highest BCUT2D eigenvalue weighted by molar-refractivity contribution is 5.97. The third kappa shape index (κ3) is 15.4. The number of carbonyl (C=O) groups excluding carboxylic acids is 7. The van der Waals surface area contributed by atoms with Gasteiger partial charge in [0.1, 0.15) is 30.2 Å². The molecule has 0 aliphatic rings. The van der Waals surface area contributed by atoms with Crippen LogP contribution in [0.15, 0.2) is 60.8 Å². The number of hydrogen-bond donors (Lipinski definition) is 9. The van der Waals surface area contributed by atoms with Crippen LogP contribution >= 0.6 is 0 Å². The van der Waals surface area contributed by atoms with Crippen molar-refractivity contribution in [1.82, 2.24) is 36.9 Å². The van der Waals surface area contributed by atoms with Gasteiger partial charge in [-0.3, -0.25) is 38.4 Å². The van der Waals surface area contributed by atoms with Crippen molar-refractivity contribution >= 4 is 58.6 Å². The van der Waals surface area contributed by atoms with E-state index in [4.69, 9.17) is 10.8 Å². The van der Waals surface area contributed by atoms with Crippen LogP contribution in [0.1, 0.15) is 85.3 Å². The second kappa shape index (κ2) is 24.4. The average molecular weight is 860 g/mol. The highest BCUT2D eigenvalue weighted by Gasteiger charge is 2.34. The number of para-hydroxylation sites is 1. The molecule has 3 rings (SSSR count). The Bertz CT molecular complexity index is 2000. The predicted molar refractivity (Wildman–Crippen MR) is 234 cm³/mol. The fourth-order valence-corrected chi connectivity index (χ4v) is 6.66. The van der Waals surface area contributed by atoms with Crippen LogP contribution in [0.4, 0.5) is 0 Å². The minimum atomic E-state index is -1.23. The van der Waals surface area contributed by atoms with Gasteiger partial charge in [0.05, 0.1) is 12.1 Å². The number of nitrogens with one attached hydrogen (secondary N) is 7. The first-order chi connectivity index (χ1) is 29.3. The van der Waals surface area contributed by atoms with Gasteiger partial charge in [-0.25, -0.2) is 0 Å². The highest BCUT2D eigenvalue weighted by atomic mass is 16.4. The molecule has 17 nitrogen and oxygen atoms in total. The molecule has 1 aromatic heterocycles. The van der Waals surface area contributed by atoms with Crippen molar-refractivity contribution in [1.29, 1.82) is 0 Å². The molecule has 1 heterocycles. The summed E-state index contributed by atoms with van der Waals surface area (Å²) in [6.07, 6.45) is 3.76. The SMILES string of the molecule is CC[C@H](C)[C@H](NC(=O)[C@H](Cc1ccccc1)NC(=O)[C@@H](N)CCC(=O)O)C(=O)N[C@@H](C)C(=O)N[C@@H](Cc1c[nH]c2ccccc12)C(=O)N[C@@H](CC(C)C)C(=O)N[C@H]([C]=O)C(C)C. The first-order valence-corrected chi connectivity index (χ1v) is 21.1. The number of amides is 6. The third-order valence-corrected chi connectivity index (χ3v) is 10.6. The summed E-state index contributed by atoms with van der Waals surface area (Å²) >= 11 is 0. The fourth-order valence-electron chi connectivity index (χ4n) is 6.66. The predicted octanol–water partition coefficient (Wildman–Crippen LogP) is 1.93. The maximum absolute atomic E-state index is 14.1. The van der Waals surface area contributed by atoms with Crippen LogP contribution in [0.25, 0.3) is 10.9 Å². The normalized spacial score (nSPS) is 15.2. The van der Waals surface area contributed by atoms with Crippen molar-refractivity contribution in [2.45, 2.75) is 129 Å². The summed E-state index contributed by atoms with van der Waals surface area (Å²) in [5, 5.41) is 26.1. The average Bonchev–Trinajstić information content (AvgIpc) is 3.64. The molecule has 1 radical (unpaired) electrons. The number of fused-ring (bicyclic) bond motifs is 1. The van der Waals surface area contributed by atoms with E-state index < -0.39 is 89.6 Å². The van der Waals surface area contributed by atoms with Gasteiger partial charge in [-0.1, -0.05) is 96.5 Å².